The Balaban J connectivity index is 1.74. The predicted octanol–water partition coefficient (Wildman–Crippen LogP) is 2.67. The molecule has 0 bridgehead atoms. The zero-order chi connectivity index (χ0) is 15.2. The first kappa shape index (κ1) is 16.2. The fraction of sp³-hybridized carbons (Fsp3) is 0.667. The number of aliphatic hydroxyl groups is 1. The number of rotatable bonds is 6. The molecule has 1 aliphatic rings. The summed E-state index contributed by atoms with van der Waals surface area (Å²) in [5.41, 5.74) is 0. The molecule has 1 aromatic heterocycles. The minimum Gasteiger partial charge on any atom is -0.467 e. The molecule has 0 radical (unpaired) electrons. The molecule has 5 nitrogen and oxygen atoms in total. The van der Waals surface area contributed by atoms with E-state index in [1.807, 2.05) is 18.7 Å². The van der Waals surface area contributed by atoms with Crippen molar-refractivity contribution in [3.63, 3.8) is 0 Å². The van der Waals surface area contributed by atoms with Gasteiger partial charge < -0.3 is 20.2 Å². The molecule has 3 N–H and O–H groups in total. The fourth-order valence-corrected chi connectivity index (χ4v) is 3.73. The molecule has 1 saturated carbocycles. The molecular formula is C15H24N2O3S. The second kappa shape index (κ2) is 7.75. The van der Waals surface area contributed by atoms with E-state index in [0.717, 1.165) is 6.42 Å². The van der Waals surface area contributed by atoms with Gasteiger partial charge in [0, 0.05) is 23.8 Å². The van der Waals surface area contributed by atoms with Crippen LogP contribution in [-0.2, 0) is 0 Å². The summed E-state index contributed by atoms with van der Waals surface area (Å²) in [7, 11) is 0. The van der Waals surface area contributed by atoms with E-state index in [4.69, 9.17) is 4.42 Å². The summed E-state index contributed by atoms with van der Waals surface area (Å²) in [6.45, 7) is 1.88. The van der Waals surface area contributed by atoms with Crippen LogP contribution in [0.25, 0.3) is 0 Å². The molecular weight excluding hydrogens is 288 g/mol. The molecule has 0 aromatic carbocycles. The van der Waals surface area contributed by atoms with Crippen molar-refractivity contribution in [1.29, 1.82) is 0 Å². The minimum atomic E-state index is -0.694. The van der Waals surface area contributed by atoms with E-state index in [9.17, 15) is 9.90 Å². The van der Waals surface area contributed by atoms with E-state index < -0.39 is 6.10 Å². The van der Waals surface area contributed by atoms with E-state index in [0.29, 0.717) is 17.4 Å². The Kier molecular flexibility index (Phi) is 5.99. The maximum Gasteiger partial charge on any atom is 0.315 e. The maximum absolute atomic E-state index is 12.0. The van der Waals surface area contributed by atoms with Gasteiger partial charge in [0.05, 0.1) is 6.26 Å². The van der Waals surface area contributed by atoms with Crippen molar-refractivity contribution >= 4 is 17.8 Å². The average molecular weight is 312 g/mol. The van der Waals surface area contributed by atoms with Crippen molar-refractivity contribution in [2.24, 2.45) is 0 Å². The number of aliphatic hydroxyl groups excluding tert-OH is 1. The summed E-state index contributed by atoms with van der Waals surface area (Å²) < 4.78 is 5.16. The number of amides is 2. The summed E-state index contributed by atoms with van der Waals surface area (Å²) in [5, 5.41) is 16.4. The zero-order valence-corrected chi connectivity index (χ0v) is 13.4. The van der Waals surface area contributed by atoms with Crippen LogP contribution in [0.1, 0.15) is 44.5 Å². The van der Waals surface area contributed by atoms with Gasteiger partial charge in [0.1, 0.15) is 11.9 Å². The fourth-order valence-electron chi connectivity index (χ4n) is 2.80. The predicted molar refractivity (Wildman–Crippen MR) is 84.4 cm³/mol. The van der Waals surface area contributed by atoms with Gasteiger partial charge in [-0.2, -0.15) is 11.8 Å². The molecule has 2 amide bonds. The van der Waals surface area contributed by atoms with Gasteiger partial charge in [0.25, 0.3) is 0 Å². The van der Waals surface area contributed by atoms with Crippen LogP contribution in [0.2, 0.25) is 0 Å². The Morgan fingerprint density at radius 1 is 1.57 bits per heavy atom. The number of nitrogens with one attached hydrogen (secondary N) is 2. The second-order valence-corrected chi connectivity index (χ2v) is 6.67. The molecule has 0 saturated heterocycles. The largest absolute Gasteiger partial charge is 0.467 e. The molecule has 1 heterocycles. The summed E-state index contributed by atoms with van der Waals surface area (Å²) in [6, 6.07) is 3.45. The first-order chi connectivity index (χ1) is 10.1. The van der Waals surface area contributed by atoms with Gasteiger partial charge in [-0.25, -0.2) is 4.79 Å². The van der Waals surface area contributed by atoms with Crippen molar-refractivity contribution < 1.29 is 14.3 Å². The van der Waals surface area contributed by atoms with Crippen LogP contribution in [0.5, 0.6) is 0 Å². The van der Waals surface area contributed by atoms with E-state index >= 15 is 0 Å². The molecule has 21 heavy (non-hydrogen) atoms. The maximum atomic E-state index is 12.0. The summed E-state index contributed by atoms with van der Waals surface area (Å²) in [4.78, 5) is 12.0. The van der Waals surface area contributed by atoms with Crippen molar-refractivity contribution in [3.8, 4) is 0 Å². The lowest BCUT2D eigenvalue weighted by molar-refractivity contribution is 0.129. The average Bonchev–Trinajstić information content (AvgIpc) is 3.08. The van der Waals surface area contributed by atoms with Gasteiger partial charge in [0.15, 0.2) is 0 Å². The Morgan fingerprint density at radius 3 is 3.05 bits per heavy atom. The first-order valence-corrected chi connectivity index (χ1v) is 8.70. The SMILES string of the molecule is CS[C@@H]1CCC[C@@H]1NC(=O)N[C@H](C)C[C@H](O)c1ccco1. The van der Waals surface area contributed by atoms with Crippen molar-refractivity contribution in [2.75, 3.05) is 6.26 Å². The molecule has 1 aliphatic carbocycles. The molecule has 1 aromatic rings. The van der Waals surface area contributed by atoms with Crippen molar-refractivity contribution in [1.82, 2.24) is 10.6 Å². The van der Waals surface area contributed by atoms with Crippen LogP contribution in [0.15, 0.2) is 22.8 Å². The normalized spacial score (nSPS) is 24.5. The topological polar surface area (TPSA) is 74.5 Å². The molecule has 4 atom stereocenters. The number of furan rings is 1. The summed E-state index contributed by atoms with van der Waals surface area (Å²) >= 11 is 1.82. The highest BCUT2D eigenvalue weighted by Crippen LogP contribution is 2.28. The van der Waals surface area contributed by atoms with Gasteiger partial charge in [-0.1, -0.05) is 6.42 Å². The van der Waals surface area contributed by atoms with Crippen molar-refractivity contribution in [3.05, 3.63) is 24.2 Å². The van der Waals surface area contributed by atoms with E-state index in [1.54, 1.807) is 12.1 Å². The van der Waals surface area contributed by atoms with Crippen LogP contribution in [0, 0.1) is 0 Å². The van der Waals surface area contributed by atoms with E-state index in [-0.39, 0.29) is 18.1 Å². The molecule has 1 fully saturated rings. The molecule has 118 valence electrons. The van der Waals surface area contributed by atoms with Gasteiger partial charge in [0.2, 0.25) is 0 Å². The first-order valence-electron chi connectivity index (χ1n) is 7.41. The number of urea groups is 1. The number of thioether (sulfide) groups is 1. The monoisotopic (exact) mass is 312 g/mol. The lowest BCUT2D eigenvalue weighted by Gasteiger charge is -2.22. The van der Waals surface area contributed by atoms with Crippen LogP contribution in [0.4, 0.5) is 4.79 Å². The summed E-state index contributed by atoms with van der Waals surface area (Å²) in [6.07, 6.45) is 6.74. The quantitative estimate of drug-likeness (QED) is 0.755. The third kappa shape index (κ3) is 4.68. The lowest BCUT2D eigenvalue weighted by atomic mass is 10.1. The smallest absolute Gasteiger partial charge is 0.315 e. The molecule has 0 unspecified atom stereocenters. The van der Waals surface area contributed by atoms with Crippen molar-refractivity contribution in [2.45, 2.75) is 56.0 Å². The highest BCUT2D eigenvalue weighted by molar-refractivity contribution is 7.99. The number of hydrogen-bond donors (Lipinski definition) is 3. The Labute approximate surface area is 129 Å². The van der Waals surface area contributed by atoms with Gasteiger partial charge in [-0.3, -0.25) is 0 Å². The highest BCUT2D eigenvalue weighted by Gasteiger charge is 2.28. The molecule has 0 spiro atoms. The van der Waals surface area contributed by atoms with Crippen LogP contribution in [-0.4, -0.2) is 34.7 Å². The third-order valence-electron chi connectivity index (χ3n) is 3.90. The van der Waals surface area contributed by atoms with Gasteiger partial charge >= 0.3 is 6.03 Å². The molecule has 6 heteroatoms. The Bertz CT molecular complexity index is 438. The van der Waals surface area contributed by atoms with E-state index in [1.165, 1.54) is 19.1 Å². The lowest BCUT2D eigenvalue weighted by Crippen LogP contribution is -2.47. The Hall–Kier alpha value is -1.14. The number of carbonyl (C=O) groups excluding carboxylic acids is 1. The molecule has 0 aliphatic heterocycles. The Morgan fingerprint density at radius 2 is 2.38 bits per heavy atom. The van der Waals surface area contributed by atoms with Crippen LogP contribution < -0.4 is 10.6 Å². The minimum absolute atomic E-state index is 0.126. The summed E-state index contributed by atoms with van der Waals surface area (Å²) in [5.74, 6) is 0.530. The highest BCUT2D eigenvalue weighted by atomic mass is 32.2. The van der Waals surface area contributed by atoms with Crippen LogP contribution >= 0.6 is 11.8 Å². The number of carbonyl (C=O) groups is 1. The van der Waals surface area contributed by atoms with Gasteiger partial charge in [-0.15, -0.1) is 0 Å². The standard InChI is InChI=1S/C15H24N2O3S/c1-10(9-12(18)13-6-4-8-20-13)16-15(19)17-11-5-3-7-14(11)21-2/h4,6,8,10-12,14,18H,3,5,7,9H2,1-2H3,(H2,16,17,19)/t10-,11+,12+,14-/m1/s1. The van der Waals surface area contributed by atoms with E-state index in [2.05, 4.69) is 16.9 Å². The second-order valence-electron chi connectivity index (χ2n) is 5.60. The number of hydrogen-bond acceptors (Lipinski definition) is 4. The molecule has 2 rings (SSSR count). The van der Waals surface area contributed by atoms with Gasteiger partial charge in [-0.05, 0) is 38.2 Å². The third-order valence-corrected chi connectivity index (χ3v) is 5.07. The van der Waals surface area contributed by atoms with Crippen LogP contribution in [0.3, 0.4) is 0 Å². The zero-order valence-electron chi connectivity index (χ0n) is 12.5.